The van der Waals surface area contributed by atoms with E-state index in [1.54, 1.807) is 17.9 Å². The van der Waals surface area contributed by atoms with Crippen LogP contribution in [0.1, 0.15) is 35.4 Å². The van der Waals surface area contributed by atoms with E-state index in [9.17, 15) is 9.59 Å². The van der Waals surface area contributed by atoms with Crippen LogP contribution in [0.2, 0.25) is 0 Å². The summed E-state index contributed by atoms with van der Waals surface area (Å²) in [6, 6.07) is 13.3. The molecule has 3 aromatic rings. The van der Waals surface area contributed by atoms with E-state index in [1.807, 2.05) is 42.5 Å². The second kappa shape index (κ2) is 10.5. The number of nitrogens with one attached hydrogen (secondary N) is 1. The smallest absolute Gasteiger partial charge is 0.349 e. The molecule has 1 amide bonds. The Balaban J connectivity index is 1.45. The largest absolute Gasteiger partial charge is 0.497 e. The zero-order valence-electron chi connectivity index (χ0n) is 18.0. The summed E-state index contributed by atoms with van der Waals surface area (Å²) in [7, 11) is 1.62. The molecule has 32 heavy (non-hydrogen) atoms. The molecule has 7 nitrogen and oxygen atoms in total. The summed E-state index contributed by atoms with van der Waals surface area (Å²) in [5, 5.41) is 3.60. The minimum atomic E-state index is -0.282. The zero-order valence-corrected chi connectivity index (χ0v) is 18.9. The Morgan fingerprint density at radius 2 is 2.06 bits per heavy atom. The molecule has 1 aliphatic rings. The first kappa shape index (κ1) is 22.1. The number of carbonyl (C=O) groups is 1. The number of hydrogen-bond acceptors (Lipinski definition) is 6. The third-order valence-electron chi connectivity index (χ3n) is 5.46. The Kier molecular flexibility index (Phi) is 7.21. The van der Waals surface area contributed by atoms with Crippen LogP contribution in [0, 0.1) is 0 Å². The normalized spacial score (nSPS) is 12.8. The Morgan fingerprint density at radius 1 is 1.19 bits per heavy atom. The molecule has 1 aliphatic carbocycles. The summed E-state index contributed by atoms with van der Waals surface area (Å²) in [6.07, 6.45) is 5.55. The van der Waals surface area contributed by atoms with E-state index in [4.69, 9.17) is 4.74 Å². The number of amides is 1. The minimum Gasteiger partial charge on any atom is -0.497 e. The van der Waals surface area contributed by atoms with Gasteiger partial charge in [-0.05, 0) is 55.5 Å². The number of fused-ring (bicyclic) bond motifs is 1. The van der Waals surface area contributed by atoms with Gasteiger partial charge >= 0.3 is 5.69 Å². The predicted octanol–water partition coefficient (Wildman–Crippen LogP) is 2.98. The van der Waals surface area contributed by atoms with Crippen molar-refractivity contribution in [3.05, 3.63) is 81.7 Å². The number of aromatic nitrogens is 3. The molecule has 8 heteroatoms. The Hall–Kier alpha value is -3.13. The molecule has 4 rings (SSSR count). The van der Waals surface area contributed by atoms with Crippen LogP contribution in [0.4, 0.5) is 0 Å². The van der Waals surface area contributed by atoms with Crippen LogP contribution < -0.4 is 15.7 Å². The first-order chi connectivity index (χ1) is 15.6. The van der Waals surface area contributed by atoms with Crippen LogP contribution in [0.5, 0.6) is 5.75 Å². The lowest BCUT2D eigenvalue weighted by Crippen LogP contribution is -2.31. The van der Waals surface area contributed by atoms with Crippen molar-refractivity contribution in [1.29, 1.82) is 0 Å². The van der Waals surface area contributed by atoms with E-state index < -0.39 is 0 Å². The third-order valence-corrected chi connectivity index (χ3v) is 6.48. The maximum absolute atomic E-state index is 12.8. The second-order valence-electron chi connectivity index (χ2n) is 7.66. The van der Waals surface area contributed by atoms with Crippen LogP contribution >= 0.6 is 11.8 Å². The van der Waals surface area contributed by atoms with Crippen LogP contribution in [-0.2, 0) is 30.7 Å². The average Bonchev–Trinajstić information content (AvgIpc) is 2.84. The molecule has 0 spiro atoms. The van der Waals surface area contributed by atoms with Crippen molar-refractivity contribution in [3.8, 4) is 5.75 Å². The second-order valence-corrected chi connectivity index (χ2v) is 8.62. The van der Waals surface area contributed by atoms with Gasteiger partial charge in [-0.1, -0.05) is 30.0 Å². The fourth-order valence-electron chi connectivity index (χ4n) is 3.85. The minimum absolute atomic E-state index is 0.0955. The van der Waals surface area contributed by atoms with Crippen molar-refractivity contribution in [2.75, 3.05) is 12.9 Å². The highest BCUT2D eigenvalue weighted by Gasteiger charge is 2.21. The van der Waals surface area contributed by atoms with Crippen molar-refractivity contribution in [2.45, 2.75) is 43.8 Å². The van der Waals surface area contributed by atoms with Gasteiger partial charge in [-0.25, -0.2) is 4.79 Å². The third kappa shape index (κ3) is 5.37. The van der Waals surface area contributed by atoms with E-state index >= 15 is 0 Å². The fourth-order valence-corrected chi connectivity index (χ4v) is 4.76. The number of methoxy groups -OCH3 is 1. The van der Waals surface area contributed by atoms with Crippen molar-refractivity contribution in [3.63, 3.8) is 0 Å². The van der Waals surface area contributed by atoms with Crippen LogP contribution in [0.25, 0.3) is 0 Å². The van der Waals surface area contributed by atoms with Crippen molar-refractivity contribution < 1.29 is 9.53 Å². The molecule has 0 atom stereocenters. The van der Waals surface area contributed by atoms with Crippen LogP contribution in [0.3, 0.4) is 0 Å². The molecule has 0 saturated carbocycles. The average molecular weight is 451 g/mol. The number of hydrogen-bond donors (Lipinski definition) is 1. The highest BCUT2D eigenvalue weighted by molar-refractivity contribution is 7.99. The molecule has 1 N–H and O–H groups in total. The summed E-state index contributed by atoms with van der Waals surface area (Å²) in [4.78, 5) is 33.9. The standard InChI is InChI=1S/C24H26N4O3S/c1-31-19-9-6-7-17(13-19)14-26-22(29)16-32-23-20-10-2-3-11-21(20)28(24(30)27-23)15-18-8-4-5-12-25-18/h4-9,12-13H,2-3,10-11,14-16H2,1H3,(H,26,29). The monoisotopic (exact) mass is 450 g/mol. The number of carbonyl (C=O) groups excluding carboxylic acids is 1. The highest BCUT2D eigenvalue weighted by atomic mass is 32.2. The van der Waals surface area contributed by atoms with E-state index in [2.05, 4.69) is 15.3 Å². The summed E-state index contributed by atoms with van der Waals surface area (Å²) in [6.45, 7) is 0.842. The molecular formula is C24H26N4O3S. The highest BCUT2D eigenvalue weighted by Crippen LogP contribution is 2.28. The number of rotatable bonds is 8. The summed E-state index contributed by atoms with van der Waals surface area (Å²) in [5.74, 6) is 0.877. The van der Waals surface area contributed by atoms with Gasteiger partial charge in [-0.3, -0.25) is 14.3 Å². The first-order valence-corrected chi connectivity index (χ1v) is 11.7. The lowest BCUT2D eigenvalue weighted by molar-refractivity contribution is -0.118. The lowest BCUT2D eigenvalue weighted by atomic mass is 9.97. The molecule has 2 heterocycles. The van der Waals surface area contributed by atoms with E-state index in [0.717, 1.165) is 53.9 Å². The molecule has 0 fully saturated rings. The zero-order chi connectivity index (χ0) is 22.3. The van der Waals surface area contributed by atoms with Crippen LogP contribution in [0.15, 0.2) is 58.5 Å². The molecule has 0 radical (unpaired) electrons. The van der Waals surface area contributed by atoms with Gasteiger partial charge in [0.2, 0.25) is 5.91 Å². The van der Waals surface area contributed by atoms with E-state index in [-0.39, 0.29) is 17.3 Å². The topological polar surface area (TPSA) is 86.1 Å². The number of pyridine rings is 1. The number of ether oxygens (including phenoxy) is 1. The Labute approximate surface area is 191 Å². The van der Waals surface area contributed by atoms with Crippen molar-refractivity contribution in [1.82, 2.24) is 19.9 Å². The van der Waals surface area contributed by atoms with Gasteiger partial charge in [0, 0.05) is 24.0 Å². The summed E-state index contributed by atoms with van der Waals surface area (Å²) < 4.78 is 6.96. The van der Waals surface area contributed by atoms with Gasteiger partial charge in [0.05, 0.1) is 25.1 Å². The van der Waals surface area contributed by atoms with Crippen LogP contribution in [-0.4, -0.2) is 33.3 Å². The van der Waals surface area contributed by atoms with Crippen molar-refractivity contribution in [2.24, 2.45) is 0 Å². The summed E-state index contributed by atoms with van der Waals surface area (Å²) >= 11 is 1.34. The molecular weight excluding hydrogens is 424 g/mol. The maximum Gasteiger partial charge on any atom is 0.349 e. The first-order valence-electron chi connectivity index (χ1n) is 10.7. The maximum atomic E-state index is 12.8. The molecule has 0 saturated heterocycles. The number of thioether (sulfide) groups is 1. The predicted molar refractivity (Wildman–Crippen MR) is 124 cm³/mol. The van der Waals surface area contributed by atoms with Gasteiger partial charge in [-0.2, -0.15) is 4.98 Å². The molecule has 166 valence electrons. The molecule has 2 aromatic heterocycles. The van der Waals surface area contributed by atoms with Crippen molar-refractivity contribution >= 4 is 17.7 Å². The van der Waals surface area contributed by atoms with Gasteiger partial charge < -0.3 is 10.1 Å². The fraction of sp³-hybridized carbons (Fsp3) is 0.333. The quantitative estimate of drug-likeness (QED) is 0.419. The van der Waals surface area contributed by atoms with E-state index in [1.165, 1.54) is 11.8 Å². The molecule has 1 aromatic carbocycles. The Bertz CT molecular complexity index is 1150. The molecule has 0 unspecified atom stereocenters. The van der Waals surface area contributed by atoms with E-state index in [0.29, 0.717) is 18.1 Å². The SMILES string of the molecule is COc1cccc(CNC(=O)CSc2nc(=O)n(Cc3ccccn3)c3c2CCCC3)c1. The summed E-state index contributed by atoms with van der Waals surface area (Å²) in [5.41, 5.74) is 3.64. The van der Waals surface area contributed by atoms with Gasteiger partial charge in [-0.15, -0.1) is 0 Å². The molecule has 0 aliphatic heterocycles. The van der Waals surface area contributed by atoms with Gasteiger partial charge in [0.1, 0.15) is 10.8 Å². The Morgan fingerprint density at radius 3 is 2.88 bits per heavy atom. The number of benzene rings is 1. The number of nitrogens with zero attached hydrogens (tertiary/aromatic N) is 3. The lowest BCUT2D eigenvalue weighted by Gasteiger charge is -2.22. The van der Waals surface area contributed by atoms with Gasteiger partial charge in [0.15, 0.2) is 0 Å². The van der Waals surface area contributed by atoms with Gasteiger partial charge in [0.25, 0.3) is 0 Å². The molecule has 0 bridgehead atoms.